The first-order valence-electron chi connectivity index (χ1n) is 12.5. The summed E-state index contributed by atoms with van der Waals surface area (Å²) in [6.45, 7) is 5.17. The van der Waals surface area contributed by atoms with Gasteiger partial charge in [-0.05, 0) is 60.3 Å². The second-order valence-electron chi connectivity index (χ2n) is 9.17. The third-order valence-electron chi connectivity index (χ3n) is 6.90. The highest BCUT2D eigenvalue weighted by atomic mass is 16.2. The summed E-state index contributed by atoms with van der Waals surface area (Å²) < 4.78 is 5.39. The van der Waals surface area contributed by atoms with E-state index in [1.165, 1.54) is 0 Å². The molecule has 0 spiro atoms. The van der Waals surface area contributed by atoms with E-state index in [-0.39, 0.29) is 5.69 Å². The normalized spacial score (nSPS) is 14.1. The van der Waals surface area contributed by atoms with E-state index in [1.54, 1.807) is 10.6 Å². The van der Waals surface area contributed by atoms with Gasteiger partial charge in [-0.1, -0.05) is 43.7 Å². The Kier molecular flexibility index (Phi) is 6.72. The fraction of sp³-hybridized carbons (Fsp3) is 0.296. The molecule has 4 heterocycles. The maximum Gasteiger partial charge on any atom is 0.334 e. The molecule has 0 saturated carbocycles. The minimum Gasteiger partial charge on any atom is -0.368 e. The molecule has 0 aliphatic carbocycles. The number of hydrogen-bond acceptors (Lipinski definition) is 6. The first-order valence-corrected chi connectivity index (χ1v) is 12.5. The average molecular weight is 499 g/mol. The summed E-state index contributed by atoms with van der Waals surface area (Å²) in [6, 6.07) is 9.76. The Morgan fingerprint density at radius 1 is 1.14 bits per heavy atom. The number of dihydropyridines is 1. The Labute approximate surface area is 214 Å². The Morgan fingerprint density at radius 2 is 1.97 bits per heavy atom. The third kappa shape index (κ3) is 4.46. The number of imidazole rings is 1. The summed E-state index contributed by atoms with van der Waals surface area (Å²) in [7, 11) is 0. The standard InChI is InChI=1S/C27H30N8O2/c1-3-5-9-23-17-34(25-21(18-36)10-15-33(25)4-2)26(37)35(23)19-27(11-13-28-14-12-27)22-8-6-7-20(16-22)24-29-31-32-30-24/h6-8,10-18,28H,3-5,9,19H2,1-2H3,(H,29,30,31,32). The van der Waals surface area contributed by atoms with Crippen LogP contribution in [0.1, 0.15) is 48.3 Å². The molecule has 5 rings (SSSR count). The van der Waals surface area contributed by atoms with E-state index in [2.05, 4.69) is 45.0 Å². The van der Waals surface area contributed by atoms with Crippen molar-refractivity contribution in [2.45, 2.75) is 51.6 Å². The summed E-state index contributed by atoms with van der Waals surface area (Å²) >= 11 is 0. The second kappa shape index (κ2) is 10.3. The molecule has 1 aliphatic heterocycles. The minimum absolute atomic E-state index is 0.169. The van der Waals surface area contributed by atoms with Crippen LogP contribution in [0.15, 0.2) is 72.1 Å². The summed E-state index contributed by atoms with van der Waals surface area (Å²) in [4.78, 5) is 25.8. The number of hydrogen-bond donors (Lipinski definition) is 2. The topological polar surface area (TPSA) is 115 Å². The Hall–Kier alpha value is -4.47. The maximum absolute atomic E-state index is 14.0. The molecule has 190 valence electrons. The van der Waals surface area contributed by atoms with Gasteiger partial charge in [-0.3, -0.25) is 13.9 Å². The molecule has 0 bridgehead atoms. The monoisotopic (exact) mass is 498 g/mol. The smallest absolute Gasteiger partial charge is 0.334 e. The molecular weight excluding hydrogens is 468 g/mol. The number of H-pyrrole nitrogens is 1. The van der Waals surface area contributed by atoms with E-state index in [1.807, 2.05) is 65.1 Å². The Balaban J connectivity index is 1.64. The van der Waals surface area contributed by atoms with Crippen molar-refractivity contribution in [1.82, 2.24) is 39.6 Å². The van der Waals surface area contributed by atoms with Crippen LogP contribution < -0.4 is 11.0 Å². The lowest BCUT2D eigenvalue weighted by Crippen LogP contribution is -2.36. The number of aromatic nitrogens is 7. The van der Waals surface area contributed by atoms with Crippen molar-refractivity contribution >= 4 is 6.29 Å². The van der Waals surface area contributed by atoms with Crippen LogP contribution in [0.2, 0.25) is 0 Å². The molecule has 0 amide bonds. The first-order chi connectivity index (χ1) is 18.1. The van der Waals surface area contributed by atoms with Gasteiger partial charge >= 0.3 is 5.69 Å². The predicted molar refractivity (Wildman–Crippen MR) is 140 cm³/mol. The number of aromatic amines is 1. The number of rotatable bonds is 10. The molecule has 0 unspecified atom stereocenters. The van der Waals surface area contributed by atoms with Crippen molar-refractivity contribution in [2.75, 3.05) is 0 Å². The van der Waals surface area contributed by atoms with Crippen LogP contribution in [0, 0.1) is 0 Å². The van der Waals surface area contributed by atoms with Gasteiger partial charge in [0.1, 0.15) is 5.82 Å². The number of tetrazole rings is 1. The quantitative estimate of drug-likeness (QED) is 0.324. The molecule has 0 atom stereocenters. The lowest BCUT2D eigenvalue weighted by molar-refractivity contribution is 0.112. The molecule has 0 fully saturated rings. The molecule has 1 aliphatic rings. The van der Waals surface area contributed by atoms with Gasteiger partial charge in [0.2, 0.25) is 0 Å². The van der Waals surface area contributed by atoms with Crippen LogP contribution in [0.4, 0.5) is 0 Å². The van der Waals surface area contributed by atoms with E-state index >= 15 is 0 Å². The van der Waals surface area contributed by atoms with Crippen molar-refractivity contribution < 1.29 is 4.79 Å². The van der Waals surface area contributed by atoms with Crippen molar-refractivity contribution in [3.05, 3.63) is 94.6 Å². The van der Waals surface area contributed by atoms with E-state index in [0.29, 0.717) is 30.3 Å². The van der Waals surface area contributed by atoms with E-state index in [0.717, 1.165) is 42.4 Å². The van der Waals surface area contributed by atoms with Crippen LogP contribution in [-0.2, 0) is 24.9 Å². The lowest BCUT2D eigenvalue weighted by Gasteiger charge is -2.31. The Morgan fingerprint density at radius 3 is 2.68 bits per heavy atom. The van der Waals surface area contributed by atoms with Crippen molar-refractivity contribution in [1.29, 1.82) is 0 Å². The number of aldehydes is 1. The van der Waals surface area contributed by atoms with Gasteiger partial charge in [-0.15, -0.1) is 5.10 Å². The molecule has 0 radical (unpaired) electrons. The van der Waals surface area contributed by atoms with Crippen LogP contribution in [0.5, 0.6) is 0 Å². The van der Waals surface area contributed by atoms with Crippen molar-refractivity contribution in [2.24, 2.45) is 0 Å². The van der Waals surface area contributed by atoms with Crippen LogP contribution in [-0.4, -0.2) is 40.6 Å². The number of carbonyl (C=O) groups excluding carboxylic acids is 1. The van der Waals surface area contributed by atoms with Crippen LogP contribution in [0.25, 0.3) is 17.2 Å². The fourth-order valence-electron chi connectivity index (χ4n) is 4.90. The highest BCUT2D eigenvalue weighted by Gasteiger charge is 2.32. The molecule has 2 N–H and O–H groups in total. The molecule has 3 aromatic heterocycles. The predicted octanol–water partition coefficient (Wildman–Crippen LogP) is 3.36. The van der Waals surface area contributed by atoms with Gasteiger partial charge in [-0.25, -0.2) is 9.89 Å². The highest BCUT2D eigenvalue weighted by molar-refractivity contribution is 5.80. The number of unbranched alkanes of at least 4 members (excludes halogenated alkanes) is 1. The summed E-state index contributed by atoms with van der Waals surface area (Å²) in [5.41, 5.74) is 2.52. The number of allylic oxidation sites excluding steroid dienone is 2. The number of aryl methyl sites for hydroxylation is 2. The molecule has 0 saturated heterocycles. The maximum atomic E-state index is 14.0. The van der Waals surface area contributed by atoms with E-state index in [4.69, 9.17) is 0 Å². The van der Waals surface area contributed by atoms with Gasteiger partial charge in [0.05, 0.1) is 11.0 Å². The Bertz CT molecular complexity index is 1490. The minimum atomic E-state index is -0.591. The number of benzene rings is 1. The summed E-state index contributed by atoms with van der Waals surface area (Å²) in [5, 5.41) is 17.4. The molecule has 1 aromatic carbocycles. The third-order valence-corrected chi connectivity index (χ3v) is 6.90. The van der Waals surface area contributed by atoms with Crippen molar-refractivity contribution in [3.63, 3.8) is 0 Å². The van der Waals surface area contributed by atoms with Crippen molar-refractivity contribution in [3.8, 4) is 17.2 Å². The number of nitrogens with one attached hydrogen (secondary N) is 2. The number of carbonyl (C=O) groups is 1. The zero-order valence-corrected chi connectivity index (χ0v) is 21.0. The molecule has 4 aromatic rings. The van der Waals surface area contributed by atoms with Gasteiger partial charge in [0, 0.05) is 36.7 Å². The summed E-state index contributed by atoms with van der Waals surface area (Å²) in [5.74, 6) is 1.18. The highest BCUT2D eigenvalue weighted by Crippen LogP contribution is 2.33. The van der Waals surface area contributed by atoms with Gasteiger partial charge < -0.3 is 9.88 Å². The fourth-order valence-corrected chi connectivity index (χ4v) is 4.90. The molecular formula is C27H30N8O2. The largest absolute Gasteiger partial charge is 0.368 e. The van der Waals surface area contributed by atoms with Gasteiger partial charge in [-0.2, -0.15) is 0 Å². The molecule has 10 nitrogen and oxygen atoms in total. The SMILES string of the molecule is CCCCc1cn(-c2c(C=O)ccn2CC)c(=O)n1CC1(c2cccc(-c3nnn[nH]3)c2)C=CNC=C1. The number of nitrogens with zero attached hydrogens (tertiary/aromatic N) is 6. The van der Waals surface area contributed by atoms with Crippen LogP contribution >= 0.6 is 0 Å². The first kappa shape index (κ1) is 24.2. The van der Waals surface area contributed by atoms with Gasteiger partial charge in [0.25, 0.3) is 0 Å². The second-order valence-corrected chi connectivity index (χ2v) is 9.17. The van der Waals surface area contributed by atoms with E-state index < -0.39 is 5.41 Å². The van der Waals surface area contributed by atoms with Gasteiger partial charge in [0.15, 0.2) is 12.1 Å². The van der Waals surface area contributed by atoms with E-state index in [9.17, 15) is 9.59 Å². The summed E-state index contributed by atoms with van der Waals surface area (Å²) in [6.07, 6.45) is 15.2. The zero-order valence-electron chi connectivity index (χ0n) is 21.0. The molecule has 37 heavy (non-hydrogen) atoms. The average Bonchev–Trinajstić information content (AvgIpc) is 3.68. The lowest BCUT2D eigenvalue weighted by atomic mass is 9.78. The van der Waals surface area contributed by atoms with Crippen LogP contribution in [0.3, 0.4) is 0 Å². The zero-order chi connectivity index (χ0) is 25.8. The molecule has 10 heteroatoms.